The summed E-state index contributed by atoms with van der Waals surface area (Å²) in [5.74, 6) is 0.901. The minimum absolute atomic E-state index is 0.0621. The first-order chi connectivity index (χ1) is 5.81. The van der Waals surface area contributed by atoms with E-state index >= 15 is 0 Å². The maximum absolute atomic E-state index is 9.28. The van der Waals surface area contributed by atoms with Crippen LogP contribution in [0.5, 0.6) is 17.2 Å². The number of fused-ring (bicyclic) bond motifs is 1. The summed E-state index contributed by atoms with van der Waals surface area (Å²) in [6.45, 7) is -0.742. The molecule has 0 saturated heterocycles. The molecular formula is C8H8O4. The van der Waals surface area contributed by atoms with Gasteiger partial charge in [-0.1, -0.05) is 6.07 Å². The van der Waals surface area contributed by atoms with E-state index in [1.165, 1.54) is 13.2 Å². The van der Waals surface area contributed by atoms with Crippen molar-refractivity contribution in [2.24, 2.45) is 0 Å². The Kier molecular flexibility index (Phi) is 1.55. The quantitative estimate of drug-likeness (QED) is 0.682. The third-order valence-corrected chi connectivity index (χ3v) is 1.59. The number of benzene rings is 1. The number of methoxy groups -OCH3 is 1. The number of aromatic hydroxyl groups is 1. The van der Waals surface area contributed by atoms with Crippen molar-refractivity contribution < 1.29 is 19.3 Å². The topological polar surface area (TPSA) is 47.9 Å². The maximum Gasteiger partial charge on any atom is 0.361 e. The predicted octanol–water partition coefficient (Wildman–Crippen LogP) is 1.09. The van der Waals surface area contributed by atoms with E-state index < -0.39 is 6.48 Å². The van der Waals surface area contributed by atoms with Crippen LogP contribution in [0.15, 0.2) is 18.2 Å². The van der Waals surface area contributed by atoms with E-state index in [4.69, 9.17) is 14.2 Å². The average molecular weight is 168 g/mol. The summed E-state index contributed by atoms with van der Waals surface area (Å²) in [5, 5.41) is 9.28. The molecule has 0 bridgehead atoms. The van der Waals surface area contributed by atoms with Gasteiger partial charge in [0.1, 0.15) is 0 Å². The van der Waals surface area contributed by atoms with Crippen molar-refractivity contribution in [1.82, 2.24) is 0 Å². The zero-order valence-electron chi connectivity index (χ0n) is 6.48. The average Bonchev–Trinajstić information content (AvgIpc) is 2.49. The fraction of sp³-hybridized carbons (Fsp3) is 0.250. The number of phenols is 1. The van der Waals surface area contributed by atoms with Gasteiger partial charge in [0.25, 0.3) is 0 Å². The summed E-state index contributed by atoms with van der Waals surface area (Å²) in [7, 11) is 1.47. The summed E-state index contributed by atoms with van der Waals surface area (Å²) in [6.07, 6.45) is 0. The van der Waals surface area contributed by atoms with Crippen molar-refractivity contribution >= 4 is 0 Å². The zero-order valence-corrected chi connectivity index (χ0v) is 6.48. The molecule has 0 radical (unpaired) electrons. The van der Waals surface area contributed by atoms with Gasteiger partial charge in [0.2, 0.25) is 5.75 Å². The van der Waals surface area contributed by atoms with E-state index in [2.05, 4.69) is 0 Å². The van der Waals surface area contributed by atoms with Gasteiger partial charge in [-0.05, 0) is 12.1 Å². The van der Waals surface area contributed by atoms with Crippen LogP contribution in [0.2, 0.25) is 0 Å². The van der Waals surface area contributed by atoms with Gasteiger partial charge in [-0.2, -0.15) is 0 Å². The Bertz CT molecular complexity index is 297. The highest BCUT2D eigenvalue weighted by atomic mass is 16.9. The third kappa shape index (κ3) is 0.967. The number of rotatable bonds is 1. The monoisotopic (exact) mass is 168 g/mol. The summed E-state index contributed by atoms with van der Waals surface area (Å²) in [4.78, 5) is 0. The Morgan fingerprint density at radius 3 is 2.92 bits per heavy atom. The highest BCUT2D eigenvalue weighted by molar-refractivity contribution is 5.51. The molecule has 1 atom stereocenters. The summed E-state index contributed by atoms with van der Waals surface area (Å²) >= 11 is 0. The molecule has 1 unspecified atom stereocenters. The SMILES string of the molecule is COC1Oc2cccc(O)c2O1. The Morgan fingerprint density at radius 1 is 1.42 bits per heavy atom. The normalized spacial score (nSPS) is 19.6. The molecule has 4 heteroatoms. The van der Waals surface area contributed by atoms with Crippen LogP contribution in [0.3, 0.4) is 0 Å². The van der Waals surface area contributed by atoms with Gasteiger partial charge in [0.05, 0.1) is 0 Å². The lowest BCUT2D eigenvalue weighted by atomic mass is 10.3. The second-order valence-corrected chi connectivity index (χ2v) is 2.36. The van der Waals surface area contributed by atoms with Crippen LogP contribution in [0.1, 0.15) is 0 Å². The lowest BCUT2D eigenvalue weighted by molar-refractivity contribution is -0.158. The van der Waals surface area contributed by atoms with Crippen LogP contribution in [-0.2, 0) is 4.74 Å². The molecule has 1 heterocycles. The summed E-state index contributed by atoms with van der Waals surface area (Å²) in [6, 6.07) is 4.91. The van der Waals surface area contributed by atoms with Crippen molar-refractivity contribution in [3.63, 3.8) is 0 Å². The van der Waals surface area contributed by atoms with Crippen molar-refractivity contribution in [2.45, 2.75) is 6.48 Å². The van der Waals surface area contributed by atoms with E-state index in [0.29, 0.717) is 11.5 Å². The lowest BCUT2D eigenvalue weighted by Crippen LogP contribution is -2.19. The fourth-order valence-electron chi connectivity index (χ4n) is 1.04. The molecule has 0 spiro atoms. The van der Waals surface area contributed by atoms with Crippen LogP contribution in [0.25, 0.3) is 0 Å². The maximum atomic E-state index is 9.28. The lowest BCUT2D eigenvalue weighted by Gasteiger charge is -2.05. The molecule has 0 fully saturated rings. The first kappa shape index (κ1) is 7.24. The summed E-state index contributed by atoms with van der Waals surface area (Å²) < 4.78 is 15.0. The molecule has 1 aromatic rings. The minimum Gasteiger partial charge on any atom is -0.504 e. The van der Waals surface area contributed by atoms with E-state index in [9.17, 15) is 5.11 Å². The molecule has 1 aromatic carbocycles. The molecule has 1 aliphatic heterocycles. The standard InChI is InChI=1S/C8H8O4/c1-10-8-11-6-4-2-3-5(9)7(6)12-8/h2-4,8-9H,1H3. The molecule has 64 valence electrons. The van der Waals surface area contributed by atoms with Crippen molar-refractivity contribution in [3.8, 4) is 17.2 Å². The van der Waals surface area contributed by atoms with E-state index in [1.807, 2.05) is 0 Å². The van der Waals surface area contributed by atoms with Crippen molar-refractivity contribution in [3.05, 3.63) is 18.2 Å². The zero-order chi connectivity index (χ0) is 8.55. The molecule has 0 aliphatic carbocycles. The molecule has 1 aliphatic rings. The molecule has 4 nitrogen and oxygen atoms in total. The molecule has 0 amide bonds. The van der Waals surface area contributed by atoms with Gasteiger partial charge in [-0.3, -0.25) is 0 Å². The van der Waals surface area contributed by atoms with Crippen LogP contribution < -0.4 is 9.47 Å². The highest BCUT2D eigenvalue weighted by Gasteiger charge is 2.26. The van der Waals surface area contributed by atoms with Gasteiger partial charge in [0.15, 0.2) is 11.5 Å². The predicted molar refractivity (Wildman–Crippen MR) is 40.2 cm³/mol. The Labute approximate surface area is 69.3 Å². The third-order valence-electron chi connectivity index (χ3n) is 1.59. The van der Waals surface area contributed by atoms with Gasteiger partial charge in [-0.15, -0.1) is 0 Å². The van der Waals surface area contributed by atoms with Gasteiger partial charge in [-0.25, -0.2) is 0 Å². The Hall–Kier alpha value is -1.42. The highest BCUT2D eigenvalue weighted by Crippen LogP contribution is 2.41. The van der Waals surface area contributed by atoms with Crippen LogP contribution in [-0.4, -0.2) is 18.7 Å². The van der Waals surface area contributed by atoms with E-state index in [-0.39, 0.29) is 5.75 Å². The number of phenolic OH excluding ortho intramolecular Hbond substituents is 1. The van der Waals surface area contributed by atoms with Crippen LogP contribution >= 0.6 is 0 Å². The fourth-order valence-corrected chi connectivity index (χ4v) is 1.04. The second kappa shape index (κ2) is 2.57. The molecule has 2 rings (SSSR count). The molecule has 1 N–H and O–H groups in total. The first-order valence-corrected chi connectivity index (χ1v) is 3.49. The molecular weight excluding hydrogens is 160 g/mol. The Balaban J connectivity index is 2.35. The largest absolute Gasteiger partial charge is 0.504 e. The van der Waals surface area contributed by atoms with Crippen LogP contribution in [0, 0.1) is 0 Å². The second-order valence-electron chi connectivity index (χ2n) is 2.36. The number of ether oxygens (including phenoxy) is 3. The molecule has 12 heavy (non-hydrogen) atoms. The molecule has 0 saturated carbocycles. The number of hydrogen-bond donors (Lipinski definition) is 1. The molecule has 0 aromatic heterocycles. The number of hydrogen-bond acceptors (Lipinski definition) is 4. The van der Waals surface area contributed by atoms with Gasteiger partial charge < -0.3 is 19.3 Å². The van der Waals surface area contributed by atoms with E-state index in [0.717, 1.165) is 0 Å². The van der Waals surface area contributed by atoms with Gasteiger partial charge in [0, 0.05) is 7.11 Å². The minimum atomic E-state index is -0.742. The van der Waals surface area contributed by atoms with Crippen LogP contribution in [0.4, 0.5) is 0 Å². The van der Waals surface area contributed by atoms with Crippen molar-refractivity contribution in [2.75, 3.05) is 7.11 Å². The smallest absolute Gasteiger partial charge is 0.361 e. The van der Waals surface area contributed by atoms with Crippen molar-refractivity contribution in [1.29, 1.82) is 0 Å². The first-order valence-electron chi connectivity index (χ1n) is 3.49. The van der Waals surface area contributed by atoms with Gasteiger partial charge >= 0.3 is 6.48 Å². The Morgan fingerprint density at radius 2 is 2.25 bits per heavy atom. The number of para-hydroxylation sites is 1. The summed E-state index contributed by atoms with van der Waals surface area (Å²) in [5.41, 5.74) is 0. The van der Waals surface area contributed by atoms with E-state index in [1.54, 1.807) is 12.1 Å².